The lowest BCUT2D eigenvalue weighted by Gasteiger charge is -2.06. The maximum absolute atomic E-state index is 12.0. The highest BCUT2D eigenvalue weighted by molar-refractivity contribution is 5.78. The van der Waals surface area contributed by atoms with Crippen molar-refractivity contribution in [3.8, 4) is 5.75 Å². The van der Waals surface area contributed by atoms with E-state index in [1.165, 1.54) is 5.52 Å². The number of benzene rings is 2. The van der Waals surface area contributed by atoms with Gasteiger partial charge >= 0.3 is 0 Å². The Morgan fingerprint density at radius 3 is 2.59 bits per heavy atom. The fourth-order valence-corrected chi connectivity index (χ4v) is 3.22. The lowest BCUT2D eigenvalue weighted by atomic mass is 10.1. The number of imidazole rings is 1. The first-order valence-corrected chi connectivity index (χ1v) is 9.47. The van der Waals surface area contributed by atoms with Crippen LogP contribution in [0.15, 0.2) is 48.5 Å². The summed E-state index contributed by atoms with van der Waals surface area (Å²) in [5.41, 5.74) is 3.23. The minimum atomic E-state index is 0.0653. The summed E-state index contributed by atoms with van der Waals surface area (Å²) in [6, 6.07) is 15.8. The first-order valence-electron chi connectivity index (χ1n) is 9.47. The highest BCUT2D eigenvalue weighted by Crippen LogP contribution is 2.16. The van der Waals surface area contributed by atoms with Crippen molar-refractivity contribution in [2.24, 2.45) is 7.05 Å². The van der Waals surface area contributed by atoms with Crippen molar-refractivity contribution >= 4 is 16.9 Å². The molecule has 0 saturated heterocycles. The number of hydrogen-bond donors (Lipinski definition) is 1. The van der Waals surface area contributed by atoms with Crippen molar-refractivity contribution in [1.82, 2.24) is 14.9 Å². The molecule has 1 amide bonds. The van der Waals surface area contributed by atoms with Crippen LogP contribution >= 0.6 is 0 Å². The van der Waals surface area contributed by atoms with E-state index >= 15 is 0 Å². The highest BCUT2D eigenvalue weighted by Gasteiger charge is 2.07. The minimum absolute atomic E-state index is 0.0653. The van der Waals surface area contributed by atoms with E-state index in [0.29, 0.717) is 6.42 Å². The fourth-order valence-electron chi connectivity index (χ4n) is 3.22. The molecule has 27 heavy (non-hydrogen) atoms. The molecule has 3 rings (SSSR count). The smallest absolute Gasteiger partial charge is 0.224 e. The van der Waals surface area contributed by atoms with E-state index < -0.39 is 0 Å². The molecule has 2 aromatic carbocycles. The lowest BCUT2D eigenvalue weighted by Crippen LogP contribution is -2.26. The lowest BCUT2D eigenvalue weighted by molar-refractivity contribution is -0.120. The molecule has 0 aliphatic carbocycles. The number of fused-ring (bicyclic) bond motifs is 1. The zero-order chi connectivity index (χ0) is 19.1. The molecule has 5 nitrogen and oxygen atoms in total. The molecule has 3 aromatic rings. The predicted octanol–water partition coefficient (Wildman–Crippen LogP) is 3.65. The molecule has 0 fully saturated rings. The molecule has 1 N–H and O–H groups in total. The minimum Gasteiger partial charge on any atom is -0.497 e. The van der Waals surface area contributed by atoms with E-state index in [9.17, 15) is 4.79 Å². The van der Waals surface area contributed by atoms with E-state index in [1.54, 1.807) is 7.11 Å². The average Bonchev–Trinajstić information content (AvgIpc) is 3.01. The van der Waals surface area contributed by atoms with Crippen molar-refractivity contribution < 1.29 is 9.53 Å². The molecule has 0 unspecified atom stereocenters. The molecular formula is C22H27N3O2. The summed E-state index contributed by atoms with van der Waals surface area (Å²) in [4.78, 5) is 16.7. The van der Waals surface area contributed by atoms with Gasteiger partial charge < -0.3 is 14.6 Å². The van der Waals surface area contributed by atoms with E-state index in [2.05, 4.69) is 29.1 Å². The molecule has 142 valence electrons. The van der Waals surface area contributed by atoms with Gasteiger partial charge in [-0.2, -0.15) is 0 Å². The third-order valence-corrected chi connectivity index (χ3v) is 4.80. The van der Waals surface area contributed by atoms with Crippen LogP contribution in [0.25, 0.3) is 11.0 Å². The Hall–Kier alpha value is -2.82. The topological polar surface area (TPSA) is 56.1 Å². The summed E-state index contributed by atoms with van der Waals surface area (Å²) in [6.45, 7) is 0.720. The second-order valence-corrected chi connectivity index (χ2v) is 6.76. The number of ether oxygens (including phenoxy) is 1. The number of carbonyl (C=O) groups is 1. The van der Waals surface area contributed by atoms with Gasteiger partial charge in [0, 0.05) is 20.0 Å². The molecule has 0 aliphatic rings. The van der Waals surface area contributed by atoms with Gasteiger partial charge in [-0.3, -0.25) is 4.79 Å². The number of nitrogens with one attached hydrogen (secondary N) is 1. The van der Waals surface area contributed by atoms with Crippen LogP contribution in [0.1, 0.15) is 30.7 Å². The van der Waals surface area contributed by atoms with Gasteiger partial charge in [0.2, 0.25) is 5.91 Å². The van der Waals surface area contributed by atoms with Crippen LogP contribution in [0, 0.1) is 0 Å². The summed E-state index contributed by atoms with van der Waals surface area (Å²) < 4.78 is 7.30. The van der Waals surface area contributed by atoms with Crippen molar-refractivity contribution in [2.45, 2.75) is 32.1 Å². The number of para-hydroxylation sites is 2. The Kier molecular flexibility index (Phi) is 6.47. The Balaban J connectivity index is 1.34. The number of aryl methyl sites for hydroxylation is 2. The number of carbonyl (C=O) groups excluding carboxylic acids is 1. The molecular weight excluding hydrogens is 338 g/mol. The van der Waals surface area contributed by atoms with Crippen molar-refractivity contribution in [3.63, 3.8) is 0 Å². The van der Waals surface area contributed by atoms with E-state index in [0.717, 1.165) is 54.9 Å². The molecule has 1 aromatic heterocycles. The van der Waals surface area contributed by atoms with Crippen LogP contribution in [0.5, 0.6) is 5.75 Å². The van der Waals surface area contributed by atoms with Gasteiger partial charge in [0.15, 0.2) is 0 Å². The van der Waals surface area contributed by atoms with Crippen LogP contribution in [-0.4, -0.2) is 29.1 Å². The SMILES string of the molecule is COc1ccc(CC(=O)NCCCCCc2nc3ccccc3n2C)cc1. The Morgan fingerprint density at radius 1 is 1.07 bits per heavy atom. The van der Waals surface area contributed by atoms with Crippen molar-refractivity contribution in [3.05, 3.63) is 59.9 Å². The molecule has 5 heteroatoms. The average molecular weight is 365 g/mol. The first kappa shape index (κ1) is 19.0. The summed E-state index contributed by atoms with van der Waals surface area (Å²) >= 11 is 0. The summed E-state index contributed by atoms with van der Waals surface area (Å²) in [5.74, 6) is 2.00. The van der Waals surface area contributed by atoms with Gasteiger partial charge in [-0.25, -0.2) is 4.98 Å². The van der Waals surface area contributed by atoms with Crippen LogP contribution in [0.2, 0.25) is 0 Å². The first-order chi connectivity index (χ1) is 13.2. The maximum Gasteiger partial charge on any atom is 0.224 e. The fraction of sp³-hybridized carbons (Fsp3) is 0.364. The Labute approximate surface area is 160 Å². The second-order valence-electron chi connectivity index (χ2n) is 6.76. The monoisotopic (exact) mass is 365 g/mol. The number of hydrogen-bond acceptors (Lipinski definition) is 3. The number of methoxy groups -OCH3 is 1. The van der Waals surface area contributed by atoms with Crippen LogP contribution in [-0.2, 0) is 24.7 Å². The second kappa shape index (κ2) is 9.21. The zero-order valence-electron chi connectivity index (χ0n) is 16.1. The number of rotatable bonds is 9. The van der Waals surface area contributed by atoms with Crippen LogP contribution in [0.3, 0.4) is 0 Å². The molecule has 0 aliphatic heterocycles. The van der Waals surface area contributed by atoms with Gasteiger partial charge in [-0.1, -0.05) is 30.7 Å². The van der Waals surface area contributed by atoms with Crippen molar-refractivity contribution in [2.75, 3.05) is 13.7 Å². The van der Waals surface area contributed by atoms with E-state index in [1.807, 2.05) is 36.4 Å². The maximum atomic E-state index is 12.0. The third kappa shape index (κ3) is 5.09. The zero-order valence-corrected chi connectivity index (χ0v) is 16.1. The summed E-state index contributed by atoms with van der Waals surface area (Å²) in [5, 5.41) is 3.00. The van der Waals surface area contributed by atoms with Crippen LogP contribution < -0.4 is 10.1 Å². The summed E-state index contributed by atoms with van der Waals surface area (Å²) in [7, 11) is 3.71. The predicted molar refractivity (Wildman–Crippen MR) is 108 cm³/mol. The van der Waals surface area contributed by atoms with Gasteiger partial charge in [-0.15, -0.1) is 0 Å². The molecule has 0 spiro atoms. The molecule has 0 radical (unpaired) electrons. The van der Waals surface area contributed by atoms with Crippen LogP contribution in [0.4, 0.5) is 0 Å². The number of nitrogens with zero attached hydrogens (tertiary/aromatic N) is 2. The number of amides is 1. The Morgan fingerprint density at radius 2 is 1.85 bits per heavy atom. The molecule has 0 atom stereocenters. The van der Waals surface area contributed by atoms with Crippen molar-refractivity contribution in [1.29, 1.82) is 0 Å². The highest BCUT2D eigenvalue weighted by atomic mass is 16.5. The largest absolute Gasteiger partial charge is 0.497 e. The number of aromatic nitrogens is 2. The Bertz CT molecular complexity index is 884. The van der Waals surface area contributed by atoms with Gasteiger partial charge in [0.25, 0.3) is 0 Å². The van der Waals surface area contributed by atoms with Gasteiger partial charge in [0.05, 0.1) is 24.6 Å². The molecule has 0 bridgehead atoms. The quantitative estimate of drug-likeness (QED) is 0.589. The normalized spacial score (nSPS) is 10.9. The van der Waals surface area contributed by atoms with Gasteiger partial charge in [-0.05, 0) is 42.7 Å². The number of unbranched alkanes of at least 4 members (excludes halogenated alkanes) is 2. The third-order valence-electron chi connectivity index (χ3n) is 4.80. The standard InChI is InChI=1S/C22H27N3O2/c1-25-20-9-6-5-8-19(20)24-21(25)10-4-3-7-15-23-22(26)16-17-11-13-18(27-2)14-12-17/h5-6,8-9,11-14H,3-4,7,10,15-16H2,1-2H3,(H,23,26). The molecule has 1 heterocycles. The molecule has 0 saturated carbocycles. The van der Waals surface area contributed by atoms with E-state index in [4.69, 9.17) is 9.72 Å². The van der Waals surface area contributed by atoms with Gasteiger partial charge in [0.1, 0.15) is 11.6 Å². The summed E-state index contributed by atoms with van der Waals surface area (Å²) in [6.07, 6.45) is 4.50. The van der Waals surface area contributed by atoms with E-state index in [-0.39, 0.29) is 5.91 Å².